The van der Waals surface area contributed by atoms with Gasteiger partial charge in [-0.25, -0.2) is 4.79 Å². The molecule has 0 unspecified atom stereocenters. The van der Waals surface area contributed by atoms with E-state index in [4.69, 9.17) is 14.6 Å². The normalized spacial score (nSPS) is 21.9. The number of rotatable bonds is 4. The van der Waals surface area contributed by atoms with Crippen LogP contribution in [0.2, 0.25) is 0 Å². The van der Waals surface area contributed by atoms with Crippen molar-refractivity contribution >= 4 is 22.8 Å². The third-order valence-corrected chi connectivity index (χ3v) is 4.24. The molecule has 102 valence electrons. The van der Waals surface area contributed by atoms with E-state index in [1.54, 1.807) is 33.3 Å². The van der Waals surface area contributed by atoms with Gasteiger partial charge in [-0.05, 0) is 25.1 Å². The Morgan fingerprint density at radius 3 is 2.58 bits per heavy atom. The summed E-state index contributed by atoms with van der Waals surface area (Å²) in [7, 11) is 3.13. The van der Waals surface area contributed by atoms with Crippen LogP contribution in [0.1, 0.15) is 12.5 Å². The topological polar surface area (TPSA) is 68.1 Å². The second-order valence-corrected chi connectivity index (χ2v) is 5.32. The number of carboxylic acid groups (broad SMARTS) is 1. The zero-order valence-electron chi connectivity index (χ0n) is 11.0. The number of carboxylic acids is 1. The Balaban J connectivity index is 2.36. The van der Waals surface area contributed by atoms with Gasteiger partial charge in [-0.2, -0.15) is 0 Å². The second-order valence-electron chi connectivity index (χ2n) is 4.35. The molecule has 0 fully saturated rings. The summed E-state index contributed by atoms with van der Waals surface area (Å²) in [6.07, 6.45) is 0. The smallest absolute Gasteiger partial charge is 0.332 e. The fourth-order valence-corrected chi connectivity index (χ4v) is 2.89. The molecule has 5 nitrogen and oxygen atoms in total. The lowest BCUT2D eigenvalue weighted by molar-refractivity contribution is -0.141. The molecule has 0 bridgehead atoms. The Bertz CT molecular complexity index is 543. The van der Waals surface area contributed by atoms with E-state index < -0.39 is 11.5 Å². The summed E-state index contributed by atoms with van der Waals surface area (Å²) >= 11 is 1.44. The fraction of sp³-hybridized carbons (Fsp3) is 0.385. The number of nitrogens with zero attached hydrogens (tertiary/aromatic N) is 1. The number of methoxy groups -OCH3 is 2. The van der Waals surface area contributed by atoms with E-state index >= 15 is 0 Å². The van der Waals surface area contributed by atoms with Crippen molar-refractivity contribution in [1.82, 2.24) is 0 Å². The molecule has 0 aromatic heterocycles. The third-order valence-electron chi connectivity index (χ3n) is 2.93. The number of aliphatic carboxylic acids is 1. The minimum Gasteiger partial charge on any atom is -0.493 e. The van der Waals surface area contributed by atoms with Crippen LogP contribution in [-0.4, -0.2) is 41.6 Å². The molecule has 6 heteroatoms. The van der Waals surface area contributed by atoms with Gasteiger partial charge in [0, 0.05) is 11.3 Å². The molecule has 1 heterocycles. The lowest BCUT2D eigenvalue weighted by Gasteiger charge is -2.11. The highest BCUT2D eigenvalue weighted by molar-refractivity contribution is 8.14. The molecule has 0 spiro atoms. The zero-order valence-corrected chi connectivity index (χ0v) is 11.8. The summed E-state index contributed by atoms with van der Waals surface area (Å²) in [6, 6.07) is 5.44. The summed E-state index contributed by atoms with van der Waals surface area (Å²) in [5.41, 5.74) is -0.208. The number of aliphatic imine (C=N–C) groups is 1. The van der Waals surface area contributed by atoms with Crippen LogP contribution in [0.25, 0.3) is 0 Å². The first-order valence-corrected chi connectivity index (χ1v) is 6.67. The zero-order chi connectivity index (χ0) is 14.0. The van der Waals surface area contributed by atoms with E-state index in [-0.39, 0.29) is 0 Å². The Kier molecular flexibility index (Phi) is 3.71. The molecule has 0 radical (unpaired) electrons. The average Bonchev–Trinajstić information content (AvgIpc) is 2.82. The molecule has 0 saturated heterocycles. The van der Waals surface area contributed by atoms with Gasteiger partial charge in [-0.15, -0.1) is 11.8 Å². The molecule has 19 heavy (non-hydrogen) atoms. The van der Waals surface area contributed by atoms with Crippen LogP contribution < -0.4 is 9.47 Å². The maximum atomic E-state index is 11.2. The molecular weight excluding hydrogens is 266 g/mol. The van der Waals surface area contributed by atoms with E-state index in [1.807, 2.05) is 6.07 Å². The molecule has 1 aliphatic heterocycles. The number of benzene rings is 1. The standard InChI is InChI=1S/C13H15NO4S/c1-13(12(15)16)7-19-11(14-13)8-4-5-9(17-2)10(6-8)18-3/h4-6H,7H2,1-3H3,(H,15,16)/t13-/m1/s1. The molecule has 1 aromatic rings. The molecule has 0 amide bonds. The van der Waals surface area contributed by atoms with Gasteiger partial charge in [-0.3, -0.25) is 4.99 Å². The Hall–Kier alpha value is -1.69. The van der Waals surface area contributed by atoms with Gasteiger partial charge < -0.3 is 14.6 Å². The Morgan fingerprint density at radius 2 is 2.05 bits per heavy atom. The van der Waals surface area contributed by atoms with Gasteiger partial charge in [0.05, 0.1) is 19.3 Å². The van der Waals surface area contributed by atoms with E-state index in [9.17, 15) is 4.79 Å². The van der Waals surface area contributed by atoms with Crippen LogP contribution in [0.4, 0.5) is 0 Å². The average molecular weight is 281 g/mol. The minimum atomic E-state index is -1.05. The van der Waals surface area contributed by atoms with Crippen molar-refractivity contribution in [3.8, 4) is 11.5 Å². The van der Waals surface area contributed by atoms with Crippen molar-refractivity contribution in [2.24, 2.45) is 4.99 Å². The highest BCUT2D eigenvalue weighted by Gasteiger charge is 2.38. The molecule has 1 atom stereocenters. The molecule has 0 saturated carbocycles. The van der Waals surface area contributed by atoms with Crippen molar-refractivity contribution < 1.29 is 19.4 Å². The highest BCUT2D eigenvalue weighted by Crippen LogP contribution is 2.34. The van der Waals surface area contributed by atoms with Crippen LogP contribution >= 0.6 is 11.8 Å². The van der Waals surface area contributed by atoms with Crippen molar-refractivity contribution in [3.63, 3.8) is 0 Å². The van der Waals surface area contributed by atoms with Gasteiger partial charge in [-0.1, -0.05) is 0 Å². The van der Waals surface area contributed by atoms with E-state index in [0.29, 0.717) is 22.3 Å². The molecule has 0 aliphatic carbocycles. The summed E-state index contributed by atoms with van der Waals surface area (Å²) in [5, 5.41) is 9.87. The molecule has 1 N–H and O–H groups in total. The first kappa shape index (κ1) is 13.7. The molecule has 2 rings (SSSR count). The number of hydrogen-bond acceptors (Lipinski definition) is 5. The summed E-state index contributed by atoms with van der Waals surface area (Å²) in [4.78, 5) is 15.5. The first-order valence-electron chi connectivity index (χ1n) is 5.68. The predicted molar refractivity (Wildman–Crippen MR) is 74.6 cm³/mol. The van der Waals surface area contributed by atoms with Gasteiger partial charge in [0.1, 0.15) is 0 Å². The maximum Gasteiger partial charge on any atom is 0.332 e. The number of hydrogen-bond donors (Lipinski definition) is 1. The van der Waals surface area contributed by atoms with Gasteiger partial charge in [0.25, 0.3) is 0 Å². The lowest BCUT2D eigenvalue weighted by Crippen LogP contribution is -2.33. The number of carbonyl (C=O) groups is 1. The quantitative estimate of drug-likeness (QED) is 0.914. The first-order chi connectivity index (χ1) is 9.00. The largest absolute Gasteiger partial charge is 0.493 e. The van der Waals surface area contributed by atoms with Gasteiger partial charge in [0.2, 0.25) is 0 Å². The molecular formula is C13H15NO4S. The summed E-state index contributed by atoms with van der Waals surface area (Å²) in [6.45, 7) is 1.62. The fourth-order valence-electron chi connectivity index (χ4n) is 1.72. The van der Waals surface area contributed by atoms with Crippen LogP contribution in [-0.2, 0) is 4.79 Å². The van der Waals surface area contributed by atoms with Crippen LogP contribution in [0.5, 0.6) is 11.5 Å². The van der Waals surface area contributed by atoms with Crippen LogP contribution in [0, 0.1) is 0 Å². The second kappa shape index (κ2) is 5.13. The van der Waals surface area contributed by atoms with E-state index in [0.717, 1.165) is 5.56 Å². The SMILES string of the molecule is COc1ccc(C2=N[C@@](C)(C(=O)O)CS2)cc1OC. The van der Waals surface area contributed by atoms with Gasteiger partial charge in [0.15, 0.2) is 17.0 Å². The lowest BCUT2D eigenvalue weighted by atomic mass is 10.1. The number of ether oxygens (including phenoxy) is 2. The van der Waals surface area contributed by atoms with Crippen molar-refractivity contribution in [2.75, 3.05) is 20.0 Å². The van der Waals surface area contributed by atoms with Crippen molar-refractivity contribution in [3.05, 3.63) is 23.8 Å². The monoisotopic (exact) mass is 281 g/mol. The minimum absolute atomic E-state index is 0.437. The third kappa shape index (κ3) is 2.53. The van der Waals surface area contributed by atoms with Crippen molar-refractivity contribution in [2.45, 2.75) is 12.5 Å². The van der Waals surface area contributed by atoms with Crippen LogP contribution in [0.3, 0.4) is 0 Å². The van der Waals surface area contributed by atoms with E-state index in [1.165, 1.54) is 11.8 Å². The highest BCUT2D eigenvalue weighted by atomic mass is 32.2. The van der Waals surface area contributed by atoms with Gasteiger partial charge >= 0.3 is 5.97 Å². The summed E-state index contributed by atoms with van der Waals surface area (Å²) < 4.78 is 10.4. The van der Waals surface area contributed by atoms with E-state index in [2.05, 4.69) is 4.99 Å². The van der Waals surface area contributed by atoms with Crippen molar-refractivity contribution in [1.29, 1.82) is 0 Å². The Morgan fingerprint density at radius 1 is 1.37 bits per heavy atom. The molecule has 1 aromatic carbocycles. The van der Waals surface area contributed by atoms with Crippen LogP contribution in [0.15, 0.2) is 23.2 Å². The number of thioether (sulfide) groups is 1. The predicted octanol–water partition coefficient (Wildman–Crippen LogP) is 2.04. The maximum absolute atomic E-state index is 11.2. The Labute approximate surface area is 115 Å². The summed E-state index contributed by atoms with van der Waals surface area (Å²) in [5.74, 6) is 0.769. The molecule has 1 aliphatic rings.